The molecule has 0 saturated heterocycles. The number of aromatic nitrogens is 4. The molecule has 0 unspecified atom stereocenters. The molecule has 2 heterocycles. The van der Waals surface area contributed by atoms with Crippen LogP contribution < -0.4 is 0 Å². The summed E-state index contributed by atoms with van der Waals surface area (Å²) in [5.74, 6) is 0.611. The van der Waals surface area contributed by atoms with E-state index >= 15 is 0 Å². The molecule has 0 N–H and O–H groups in total. The molecule has 0 spiro atoms. The highest BCUT2D eigenvalue weighted by molar-refractivity contribution is 7.78. The SMILES string of the molecule is Cc1nc(Cl)c2cn(S)nc2n1. The van der Waals surface area contributed by atoms with Crippen LogP contribution in [0.15, 0.2) is 6.20 Å². The third kappa shape index (κ3) is 1.15. The van der Waals surface area contributed by atoms with Crippen LogP contribution in [0.5, 0.6) is 0 Å². The first-order valence-corrected chi connectivity index (χ1v) is 4.03. The summed E-state index contributed by atoms with van der Waals surface area (Å²) >= 11 is 9.84. The number of thiol groups is 1. The second-order valence-electron chi connectivity index (χ2n) is 2.35. The van der Waals surface area contributed by atoms with Gasteiger partial charge in [-0.3, -0.25) is 0 Å². The molecule has 2 aromatic rings. The molecule has 0 aliphatic rings. The lowest BCUT2D eigenvalue weighted by Crippen LogP contribution is -1.88. The highest BCUT2D eigenvalue weighted by atomic mass is 35.5. The molecule has 0 aliphatic heterocycles. The summed E-state index contributed by atoms with van der Waals surface area (Å²) in [5.41, 5.74) is 0.572. The monoisotopic (exact) mass is 200 g/mol. The third-order valence-electron chi connectivity index (χ3n) is 1.43. The second kappa shape index (κ2) is 2.60. The van der Waals surface area contributed by atoms with Gasteiger partial charge in [0.1, 0.15) is 11.0 Å². The van der Waals surface area contributed by atoms with Gasteiger partial charge >= 0.3 is 0 Å². The van der Waals surface area contributed by atoms with Gasteiger partial charge in [0, 0.05) is 0 Å². The zero-order valence-electron chi connectivity index (χ0n) is 6.19. The van der Waals surface area contributed by atoms with Crippen LogP contribution in [0.4, 0.5) is 0 Å². The molecule has 0 bridgehead atoms. The summed E-state index contributed by atoms with van der Waals surface area (Å²) in [6.07, 6.45) is 1.67. The van der Waals surface area contributed by atoms with Gasteiger partial charge in [0.2, 0.25) is 0 Å². The van der Waals surface area contributed by atoms with Crippen LogP contribution in [0.1, 0.15) is 5.82 Å². The van der Waals surface area contributed by atoms with Crippen LogP contribution in [-0.2, 0) is 0 Å². The zero-order chi connectivity index (χ0) is 8.72. The zero-order valence-corrected chi connectivity index (χ0v) is 7.84. The van der Waals surface area contributed by atoms with Crippen LogP contribution in [0.3, 0.4) is 0 Å². The largest absolute Gasteiger partial charge is 0.221 e. The Labute approximate surface area is 79.1 Å². The number of hydrogen-bond acceptors (Lipinski definition) is 4. The number of nitrogens with zero attached hydrogens (tertiary/aromatic N) is 4. The Morgan fingerprint density at radius 1 is 1.50 bits per heavy atom. The van der Waals surface area contributed by atoms with Crippen molar-refractivity contribution in [3.05, 3.63) is 17.2 Å². The van der Waals surface area contributed by atoms with Crippen molar-refractivity contribution in [3.63, 3.8) is 0 Å². The van der Waals surface area contributed by atoms with Crippen LogP contribution in [0, 0.1) is 6.92 Å². The molecule has 6 heteroatoms. The van der Waals surface area contributed by atoms with E-state index < -0.39 is 0 Å². The first-order chi connectivity index (χ1) is 5.66. The van der Waals surface area contributed by atoms with Crippen LogP contribution in [0.25, 0.3) is 11.0 Å². The van der Waals surface area contributed by atoms with Gasteiger partial charge in [-0.05, 0) is 19.7 Å². The van der Waals surface area contributed by atoms with Gasteiger partial charge in [0.25, 0.3) is 0 Å². The molecule has 0 radical (unpaired) electrons. The summed E-state index contributed by atoms with van der Waals surface area (Å²) in [7, 11) is 0. The molecule has 2 aromatic heterocycles. The molecule has 0 saturated carbocycles. The Morgan fingerprint density at radius 3 is 3.00 bits per heavy atom. The van der Waals surface area contributed by atoms with E-state index in [9.17, 15) is 0 Å². The molecule has 0 aliphatic carbocycles. The number of hydrogen-bond donors (Lipinski definition) is 1. The number of rotatable bonds is 0. The maximum Gasteiger partial charge on any atom is 0.187 e. The molecule has 0 fully saturated rings. The fourth-order valence-electron chi connectivity index (χ4n) is 0.962. The molecular weight excluding hydrogens is 196 g/mol. The summed E-state index contributed by atoms with van der Waals surface area (Å²) in [4.78, 5) is 8.06. The Balaban J connectivity index is 2.88. The minimum atomic E-state index is 0.415. The number of fused-ring (bicyclic) bond motifs is 1. The lowest BCUT2D eigenvalue weighted by Gasteiger charge is -1.91. The maximum absolute atomic E-state index is 5.84. The van der Waals surface area contributed by atoms with Crippen LogP contribution >= 0.6 is 24.4 Å². The minimum absolute atomic E-state index is 0.415. The minimum Gasteiger partial charge on any atom is -0.221 e. The van der Waals surface area contributed by atoms with E-state index in [4.69, 9.17) is 11.6 Å². The van der Waals surface area contributed by atoms with Gasteiger partial charge in [-0.1, -0.05) is 11.6 Å². The molecule has 0 amide bonds. The number of aryl methyl sites for hydroxylation is 1. The van der Waals surface area contributed by atoms with E-state index in [0.29, 0.717) is 16.6 Å². The van der Waals surface area contributed by atoms with Crippen molar-refractivity contribution in [3.8, 4) is 0 Å². The molecule has 4 nitrogen and oxygen atoms in total. The molecule has 0 aromatic carbocycles. The Bertz CT molecular complexity index is 438. The standard InChI is InChI=1S/C6H5ClN4S/c1-3-8-5(7)4-2-11(12)10-6(4)9-3/h2,12H,1H3. The maximum atomic E-state index is 5.84. The van der Waals surface area contributed by atoms with Gasteiger partial charge in [-0.2, -0.15) is 0 Å². The molecule has 12 heavy (non-hydrogen) atoms. The molecule has 2 rings (SSSR count). The second-order valence-corrected chi connectivity index (χ2v) is 3.12. The summed E-state index contributed by atoms with van der Waals surface area (Å²) in [5, 5.41) is 5.11. The van der Waals surface area contributed by atoms with Crippen molar-refractivity contribution >= 4 is 35.4 Å². The highest BCUT2D eigenvalue weighted by Gasteiger charge is 2.06. The van der Waals surface area contributed by atoms with Gasteiger partial charge in [-0.25, -0.2) is 14.1 Å². The normalized spacial score (nSPS) is 10.9. The average Bonchev–Trinajstić information content (AvgIpc) is 2.29. The third-order valence-corrected chi connectivity index (χ3v) is 1.93. The van der Waals surface area contributed by atoms with Gasteiger partial charge in [0.15, 0.2) is 5.65 Å². The van der Waals surface area contributed by atoms with Crippen molar-refractivity contribution in [1.82, 2.24) is 19.2 Å². The van der Waals surface area contributed by atoms with E-state index in [1.165, 1.54) is 4.09 Å². The fourth-order valence-corrected chi connectivity index (χ4v) is 1.42. The lowest BCUT2D eigenvalue weighted by molar-refractivity contribution is 1.01. The van der Waals surface area contributed by atoms with Gasteiger partial charge < -0.3 is 0 Å². The predicted octanol–water partition coefficient (Wildman–Crippen LogP) is 1.48. The first kappa shape index (κ1) is 7.82. The molecule has 62 valence electrons. The smallest absolute Gasteiger partial charge is 0.187 e. The van der Waals surface area contributed by atoms with Gasteiger partial charge in [0.05, 0.1) is 11.6 Å². The number of halogens is 1. The van der Waals surface area contributed by atoms with E-state index in [-0.39, 0.29) is 0 Å². The first-order valence-electron chi connectivity index (χ1n) is 3.25. The van der Waals surface area contributed by atoms with Crippen molar-refractivity contribution in [2.24, 2.45) is 0 Å². The van der Waals surface area contributed by atoms with Crippen LogP contribution in [0.2, 0.25) is 5.15 Å². The lowest BCUT2D eigenvalue weighted by atomic mass is 10.4. The van der Waals surface area contributed by atoms with E-state index in [2.05, 4.69) is 27.9 Å². The summed E-state index contributed by atoms with van der Waals surface area (Å²) < 4.78 is 1.37. The van der Waals surface area contributed by atoms with E-state index in [0.717, 1.165) is 5.39 Å². The van der Waals surface area contributed by atoms with Crippen molar-refractivity contribution in [2.45, 2.75) is 6.92 Å². The Morgan fingerprint density at radius 2 is 2.25 bits per heavy atom. The van der Waals surface area contributed by atoms with Crippen LogP contribution in [-0.4, -0.2) is 19.2 Å². The summed E-state index contributed by atoms with van der Waals surface area (Å²) in [6, 6.07) is 0. The van der Waals surface area contributed by atoms with E-state index in [1.807, 2.05) is 0 Å². The Hall–Kier alpha value is -0.810. The Kier molecular flexibility index (Phi) is 1.69. The predicted molar refractivity (Wildman–Crippen MR) is 49.5 cm³/mol. The van der Waals surface area contributed by atoms with E-state index in [1.54, 1.807) is 13.1 Å². The van der Waals surface area contributed by atoms with Crippen molar-refractivity contribution in [1.29, 1.82) is 0 Å². The quantitative estimate of drug-likeness (QED) is 0.518. The van der Waals surface area contributed by atoms with Crippen molar-refractivity contribution in [2.75, 3.05) is 0 Å². The molecule has 0 atom stereocenters. The fraction of sp³-hybridized carbons (Fsp3) is 0.167. The van der Waals surface area contributed by atoms with Crippen molar-refractivity contribution < 1.29 is 0 Å². The molecular formula is C6H5ClN4S. The average molecular weight is 201 g/mol. The van der Waals surface area contributed by atoms with Gasteiger partial charge in [-0.15, -0.1) is 5.10 Å². The topological polar surface area (TPSA) is 43.6 Å². The highest BCUT2D eigenvalue weighted by Crippen LogP contribution is 2.18. The summed E-state index contributed by atoms with van der Waals surface area (Å²) in [6.45, 7) is 1.77.